The van der Waals surface area contributed by atoms with Gasteiger partial charge in [0.2, 0.25) is 5.82 Å². The van der Waals surface area contributed by atoms with Crippen molar-refractivity contribution in [1.82, 2.24) is 14.9 Å². The Labute approximate surface area is 95.5 Å². The zero-order valence-corrected chi connectivity index (χ0v) is 9.26. The molecule has 1 aromatic heterocycles. The Hall–Kier alpha value is -1.37. The fourth-order valence-electron chi connectivity index (χ4n) is 1.90. The van der Waals surface area contributed by atoms with Crippen molar-refractivity contribution >= 4 is 0 Å². The first-order valence-electron chi connectivity index (χ1n) is 5.33. The normalized spacial score (nSPS) is 16.9. The van der Waals surface area contributed by atoms with E-state index < -0.39 is 17.6 Å². The third-order valence-electron chi connectivity index (χ3n) is 2.87. The van der Waals surface area contributed by atoms with Crippen molar-refractivity contribution in [3.8, 4) is 0 Å². The van der Waals surface area contributed by atoms with Crippen LogP contribution in [0.1, 0.15) is 24.0 Å². The third-order valence-corrected chi connectivity index (χ3v) is 2.87. The van der Waals surface area contributed by atoms with Gasteiger partial charge in [0.05, 0.1) is 5.69 Å². The predicted octanol–water partition coefficient (Wildman–Crippen LogP) is 1.17. The number of likely N-dealkylation sites (N-methyl/N-ethyl adjacent to an activating group) is 1. The van der Waals surface area contributed by atoms with Crippen molar-refractivity contribution in [1.29, 1.82) is 0 Å². The minimum atomic E-state index is -4.61. The van der Waals surface area contributed by atoms with Crippen LogP contribution in [0.25, 0.3) is 0 Å². The summed E-state index contributed by atoms with van der Waals surface area (Å²) in [5, 5.41) is 0. The lowest BCUT2D eigenvalue weighted by Crippen LogP contribution is -2.36. The standard InChI is InChI=1S/C10H12F3N3O/c1-2-16-4-3-6-7(5-16)14-9(10(11,12)13)15-8(6)17/h2-5H2,1H3,(H,14,15,17). The van der Waals surface area contributed by atoms with Crippen molar-refractivity contribution in [3.05, 3.63) is 27.4 Å². The Balaban J connectivity index is 2.46. The highest BCUT2D eigenvalue weighted by molar-refractivity contribution is 5.21. The van der Waals surface area contributed by atoms with Crippen LogP contribution in [0.3, 0.4) is 0 Å². The van der Waals surface area contributed by atoms with Gasteiger partial charge in [-0.1, -0.05) is 6.92 Å². The Morgan fingerprint density at radius 1 is 1.47 bits per heavy atom. The summed E-state index contributed by atoms with van der Waals surface area (Å²) in [5.74, 6) is -1.21. The van der Waals surface area contributed by atoms with Crippen LogP contribution in [0, 0.1) is 0 Å². The van der Waals surface area contributed by atoms with Crippen molar-refractivity contribution in [2.45, 2.75) is 26.1 Å². The molecule has 1 aliphatic heterocycles. The van der Waals surface area contributed by atoms with Gasteiger partial charge in [-0.25, -0.2) is 4.98 Å². The summed E-state index contributed by atoms with van der Waals surface area (Å²) in [6, 6.07) is 0. The Bertz CT molecular complexity index is 481. The second kappa shape index (κ2) is 4.14. The van der Waals surface area contributed by atoms with E-state index in [-0.39, 0.29) is 5.69 Å². The van der Waals surface area contributed by atoms with Gasteiger partial charge in [-0.15, -0.1) is 0 Å². The predicted molar refractivity (Wildman–Crippen MR) is 54.5 cm³/mol. The molecule has 0 spiro atoms. The first kappa shape index (κ1) is 12.1. The minimum Gasteiger partial charge on any atom is -0.303 e. The molecule has 0 radical (unpaired) electrons. The van der Waals surface area contributed by atoms with Crippen molar-refractivity contribution < 1.29 is 13.2 Å². The lowest BCUT2D eigenvalue weighted by atomic mass is 10.1. The number of nitrogens with zero attached hydrogens (tertiary/aromatic N) is 2. The monoisotopic (exact) mass is 247 g/mol. The van der Waals surface area contributed by atoms with Gasteiger partial charge in [0.25, 0.3) is 5.56 Å². The molecule has 0 bridgehead atoms. The van der Waals surface area contributed by atoms with Gasteiger partial charge in [0, 0.05) is 18.7 Å². The summed E-state index contributed by atoms with van der Waals surface area (Å²) in [5.41, 5.74) is -0.0463. The molecule has 94 valence electrons. The molecule has 2 rings (SSSR count). The number of aromatic nitrogens is 2. The molecule has 0 saturated heterocycles. The summed E-state index contributed by atoms with van der Waals surface area (Å²) < 4.78 is 37.4. The van der Waals surface area contributed by atoms with E-state index in [1.807, 2.05) is 11.8 Å². The van der Waals surface area contributed by atoms with Crippen LogP contribution < -0.4 is 5.56 Å². The second-order valence-electron chi connectivity index (χ2n) is 3.96. The molecule has 7 heteroatoms. The highest BCUT2D eigenvalue weighted by Crippen LogP contribution is 2.26. The maximum absolute atomic E-state index is 12.5. The number of nitrogens with one attached hydrogen (secondary N) is 1. The van der Waals surface area contributed by atoms with Crippen LogP contribution in [0.4, 0.5) is 13.2 Å². The molecular weight excluding hydrogens is 235 g/mol. The molecule has 0 saturated carbocycles. The van der Waals surface area contributed by atoms with E-state index in [4.69, 9.17) is 0 Å². The molecule has 4 nitrogen and oxygen atoms in total. The summed E-state index contributed by atoms with van der Waals surface area (Å²) in [6.07, 6.45) is -4.16. The number of fused-ring (bicyclic) bond motifs is 1. The average molecular weight is 247 g/mol. The highest BCUT2D eigenvalue weighted by Gasteiger charge is 2.35. The second-order valence-corrected chi connectivity index (χ2v) is 3.96. The van der Waals surface area contributed by atoms with Crippen LogP contribution >= 0.6 is 0 Å². The number of halogens is 3. The number of aromatic amines is 1. The number of H-pyrrole nitrogens is 1. The molecule has 17 heavy (non-hydrogen) atoms. The van der Waals surface area contributed by atoms with Gasteiger partial charge in [0.15, 0.2) is 0 Å². The maximum atomic E-state index is 12.5. The molecule has 0 aromatic carbocycles. The summed E-state index contributed by atoms with van der Waals surface area (Å²) in [4.78, 5) is 18.8. The summed E-state index contributed by atoms with van der Waals surface area (Å²) in [7, 11) is 0. The van der Waals surface area contributed by atoms with Gasteiger partial charge in [0.1, 0.15) is 0 Å². The quantitative estimate of drug-likeness (QED) is 0.810. The first-order chi connectivity index (χ1) is 7.91. The Kier molecular flexibility index (Phi) is 2.94. The van der Waals surface area contributed by atoms with Crippen LogP contribution in [0.15, 0.2) is 4.79 Å². The average Bonchev–Trinajstić information content (AvgIpc) is 2.27. The highest BCUT2D eigenvalue weighted by atomic mass is 19.4. The smallest absolute Gasteiger partial charge is 0.303 e. The van der Waals surface area contributed by atoms with Gasteiger partial charge < -0.3 is 4.98 Å². The van der Waals surface area contributed by atoms with E-state index in [1.54, 1.807) is 4.98 Å². The van der Waals surface area contributed by atoms with Crippen LogP contribution in [-0.2, 0) is 19.1 Å². The minimum absolute atomic E-state index is 0.245. The molecule has 0 atom stereocenters. The summed E-state index contributed by atoms with van der Waals surface area (Å²) >= 11 is 0. The Morgan fingerprint density at radius 2 is 2.18 bits per heavy atom. The van der Waals surface area contributed by atoms with Gasteiger partial charge in [-0.05, 0) is 13.0 Å². The SMILES string of the molecule is CCN1CCc2c(nc(C(F)(F)F)[nH]c2=O)C1. The van der Waals surface area contributed by atoms with Crippen molar-refractivity contribution in [3.63, 3.8) is 0 Å². The van der Waals surface area contributed by atoms with Crippen LogP contribution in [-0.4, -0.2) is 28.0 Å². The number of rotatable bonds is 1. The molecule has 0 unspecified atom stereocenters. The molecule has 0 aliphatic carbocycles. The zero-order chi connectivity index (χ0) is 12.6. The summed E-state index contributed by atoms with van der Waals surface area (Å²) in [6.45, 7) is 3.64. The molecule has 0 fully saturated rings. The molecule has 0 amide bonds. The van der Waals surface area contributed by atoms with Crippen molar-refractivity contribution in [2.75, 3.05) is 13.1 Å². The number of hydrogen-bond acceptors (Lipinski definition) is 3. The van der Waals surface area contributed by atoms with Crippen molar-refractivity contribution in [2.24, 2.45) is 0 Å². The van der Waals surface area contributed by atoms with Gasteiger partial charge in [-0.2, -0.15) is 13.2 Å². The molecule has 1 aliphatic rings. The number of hydrogen-bond donors (Lipinski definition) is 1. The zero-order valence-electron chi connectivity index (χ0n) is 9.26. The van der Waals surface area contributed by atoms with E-state index in [1.165, 1.54) is 0 Å². The fourth-order valence-corrected chi connectivity index (χ4v) is 1.90. The van der Waals surface area contributed by atoms with Crippen LogP contribution in [0.5, 0.6) is 0 Å². The van der Waals surface area contributed by atoms with E-state index in [9.17, 15) is 18.0 Å². The first-order valence-corrected chi connectivity index (χ1v) is 5.33. The van der Waals surface area contributed by atoms with E-state index in [2.05, 4.69) is 4.98 Å². The van der Waals surface area contributed by atoms with Gasteiger partial charge >= 0.3 is 6.18 Å². The molecule has 2 heterocycles. The lowest BCUT2D eigenvalue weighted by Gasteiger charge is -2.26. The number of alkyl halides is 3. The third kappa shape index (κ3) is 2.33. The fraction of sp³-hybridized carbons (Fsp3) is 0.600. The maximum Gasteiger partial charge on any atom is 0.449 e. The largest absolute Gasteiger partial charge is 0.449 e. The Morgan fingerprint density at radius 3 is 2.76 bits per heavy atom. The topological polar surface area (TPSA) is 49.0 Å². The lowest BCUT2D eigenvalue weighted by molar-refractivity contribution is -0.145. The molecular formula is C10H12F3N3O. The van der Waals surface area contributed by atoms with Crippen LogP contribution in [0.2, 0.25) is 0 Å². The van der Waals surface area contributed by atoms with E-state index in [0.717, 1.165) is 6.54 Å². The van der Waals surface area contributed by atoms with E-state index in [0.29, 0.717) is 25.1 Å². The molecule has 1 N–H and O–H groups in total. The van der Waals surface area contributed by atoms with Gasteiger partial charge in [-0.3, -0.25) is 9.69 Å². The van der Waals surface area contributed by atoms with E-state index >= 15 is 0 Å². The molecule has 1 aromatic rings.